The second-order valence-corrected chi connectivity index (χ2v) is 3.91. The van der Waals surface area contributed by atoms with E-state index in [0.717, 1.165) is 17.1 Å². The molecule has 0 aliphatic heterocycles. The van der Waals surface area contributed by atoms with Crippen molar-refractivity contribution in [2.45, 2.75) is 13.8 Å². The highest BCUT2D eigenvalue weighted by Crippen LogP contribution is 2.11. The van der Waals surface area contributed by atoms with Crippen LogP contribution in [-0.2, 0) is 0 Å². The molecule has 1 amide bonds. The van der Waals surface area contributed by atoms with Crippen LogP contribution in [0.1, 0.15) is 21.7 Å². The van der Waals surface area contributed by atoms with Gasteiger partial charge >= 0.3 is 0 Å². The summed E-state index contributed by atoms with van der Waals surface area (Å²) in [5, 5.41) is 2.84. The maximum Gasteiger partial charge on any atom is 0.257 e. The number of amides is 1. The van der Waals surface area contributed by atoms with Gasteiger partial charge in [-0.1, -0.05) is 18.2 Å². The minimum absolute atomic E-state index is 0.124. The van der Waals surface area contributed by atoms with Gasteiger partial charge in [0, 0.05) is 11.4 Å². The molecular formula is C14H14N2O. The van der Waals surface area contributed by atoms with E-state index < -0.39 is 0 Å². The van der Waals surface area contributed by atoms with Crippen molar-refractivity contribution in [3.63, 3.8) is 0 Å². The van der Waals surface area contributed by atoms with E-state index in [-0.39, 0.29) is 5.91 Å². The Morgan fingerprint density at radius 3 is 2.41 bits per heavy atom. The second kappa shape index (κ2) is 4.78. The number of rotatable bonds is 2. The monoisotopic (exact) mass is 226 g/mol. The average Bonchev–Trinajstić information content (AvgIpc) is 2.30. The van der Waals surface area contributed by atoms with Gasteiger partial charge in [-0.3, -0.25) is 9.78 Å². The zero-order valence-electron chi connectivity index (χ0n) is 9.90. The van der Waals surface area contributed by atoms with Gasteiger partial charge in [0.15, 0.2) is 0 Å². The number of pyridine rings is 1. The normalized spacial score (nSPS) is 10.0. The molecule has 2 aromatic rings. The summed E-state index contributed by atoms with van der Waals surface area (Å²) in [6.07, 6.45) is 0. The van der Waals surface area contributed by atoms with Crippen molar-refractivity contribution >= 4 is 11.6 Å². The quantitative estimate of drug-likeness (QED) is 0.855. The van der Waals surface area contributed by atoms with Crippen LogP contribution < -0.4 is 5.32 Å². The van der Waals surface area contributed by atoms with Crippen LogP contribution in [0.5, 0.6) is 0 Å². The molecule has 1 N–H and O–H groups in total. The molecule has 1 heterocycles. The summed E-state index contributed by atoms with van der Waals surface area (Å²) in [7, 11) is 0. The third-order valence-electron chi connectivity index (χ3n) is 2.50. The van der Waals surface area contributed by atoms with Gasteiger partial charge in [-0.2, -0.15) is 0 Å². The smallest absolute Gasteiger partial charge is 0.257 e. The Balaban J connectivity index is 2.21. The molecular weight excluding hydrogens is 212 g/mol. The first kappa shape index (κ1) is 11.3. The molecule has 0 unspecified atom stereocenters. The number of nitrogens with zero attached hydrogens (tertiary/aromatic N) is 1. The first-order valence-corrected chi connectivity index (χ1v) is 5.47. The van der Waals surface area contributed by atoms with Gasteiger partial charge in [-0.05, 0) is 38.1 Å². The second-order valence-electron chi connectivity index (χ2n) is 3.91. The van der Waals surface area contributed by atoms with Crippen molar-refractivity contribution in [1.82, 2.24) is 4.98 Å². The Bertz CT molecular complexity index is 535. The van der Waals surface area contributed by atoms with Gasteiger partial charge < -0.3 is 5.32 Å². The fraction of sp³-hybridized carbons (Fsp3) is 0.143. The Kier molecular flexibility index (Phi) is 3.19. The van der Waals surface area contributed by atoms with Crippen LogP contribution in [0, 0.1) is 13.8 Å². The van der Waals surface area contributed by atoms with Gasteiger partial charge in [0.1, 0.15) is 0 Å². The third kappa shape index (κ3) is 2.69. The van der Waals surface area contributed by atoms with Gasteiger partial charge in [0.05, 0.1) is 11.3 Å². The van der Waals surface area contributed by atoms with Gasteiger partial charge in [0.25, 0.3) is 5.91 Å². The van der Waals surface area contributed by atoms with Crippen molar-refractivity contribution in [2.75, 3.05) is 5.32 Å². The molecule has 86 valence electrons. The number of nitrogens with one attached hydrogen (secondary N) is 1. The Morgan fingerprint density at radius 2 is 1.76 bits per heavy atom. The predicted octanol–water partition coefficient (Wildman–Crippen LogP) is 2.95. The molecule has 0 saturated heterocycles. The van der Waals surface area contributed by atoms with Gasteiger partial charge in [-0.25, -0.2) is 0 Å². The van der Waals surface area contributed by atoms with Crippen LogP contribution in [0.25, 0.3) is 0 Å². The maximum absolute atomic E-state index is 12.0. The van der Waals surface area contributed by atoms with Crippen molar-refractivity contribution in [3.8, 4) is 0 Å². The Labute approximate surface area is 101 Å². The number of carbonyl (C=O) groups excluding carboxylic acids is 1. The summed E-state index contributed by atoms with van der Waals surface area (Å²) in [6, 6.07) is 13.0. The van der Waals surface area contributed by atoms with Crippen molar-refractivity contribution in [2.24, 2.45) is 0 Å². The predicted molar refractivity (Wildman–Crippen MR) is 68.1 cm³/mol. The first-order chi connectivity index (χ1) is 8.16. The number of carbonyl (C=O) groups is 1. The first-order valence-electron chi connectivity index (χ1n) is 5.47. The fourth-order valence-corrected chi connectivity index (χ4v) is 1.65. The van der Waals surface area contributed by atoms with E-state index in [9.17, 15) is 4.79 Å². The molecule has 0 bridgehead atoms. The summed E-state index contributed by atoms with van der Waals surface area (Å²) in [5.74, 6) is -0.124. The van der Waals surface area contributed by atoms with Crippen LogP contribution in [0.4, 0.5) is 5.69 Å². The molecule has 0 saturated carbocycles. The highest BCUT2D eigenvalue weighted by atomic mass is 16.1. The summed E-state index contributed by atoms with van der Waals surface area (Å²) < 4.78 is 0. The zero-order valence-corrected chi connectivity index (χ0v) is 9.90. The van der Waals surface area contributed by atoms with Crippen molar-refractivity contribution < 1.29 is 4.79 Å². The number of aryl methyl sites for hydroxylation is 2. The summed E-state index contributed by atoms with van der Waals surface area (Å²) in [4.78, 5) is 16.3. The van der Waals surface area contributed by atoms with E-state index in [4.69, 9.17) is 0 Å². The lowest BCUT2D eigenvalue weighted by Crippen LogP contribution is -2.14. The van der Waals surface area contributed by atoms with E-state index in [0.29, 0.717) is 5.56 Å². The van der Waals surface area contributed by atoms with E-state index in [1.54, 1.807) is 6.07 Å². The molecule has 0 aliphatic rings. The molecule has 2 rings (SSSR count). The molecule has 0 radical (unpaired) electrons. The summed E-state index contributed by atoms with van der Waals surface area (Å²) in [5.41, 5.74) is 3.06. The van der Waals surface area contributed by atoms with Gasteiger partial charge in [0.2, 0.25) is 0 Å². The maximum atomic E-state index is 12.0. The van der Waals surface area contributed by atoms with Crippen LogP contribution >= 0.6 is 0 Å². The largest absolute Gasteiger partial charge is 0.322 e. The number of hydrogen-bond acceptors (Lipinski definition) is 2. The summed E-state index contributed by atoms with van der Waals surface area (Å²) in [6.45, 7) is 3.75. The molecule has 0 aliphatic carbocycles. The van der Waals surface area contributed by atoms with Crippen LogP contribution in [0.2, 0.25) is 0 Å². The number of benzene rings is 1. The number of para-hydroxylation sites is 1. The lowest BCUT2D eigenvalue weighted by molar-refractivity contribution is 0.102. The Hall–Kier alpha value is -2.16. The van der Waals surface area contributed by atoms with E-state index in [1.165, 1.54) is 0 Å². The van der Waals surface area contributed by atoms with Crippen LogP contribution in [-0.4, -0.2) is 10.9 Å². The van der Waals surface area contributed by atoms with Crippen LogP contribution in [0.15, 0.2) is 42.5 Å². The summed E-state index contributed by atoms with van der Waals surface area (Å²) >= 11 is 0. The highest BCUT2D eigenvalue weighted by molar-refractivity contribution is 6.04. The lowest BCUT2D eigenvalue weighted by Gasteiger charge is -2.07. The minimum Gasteiger partial charge on any atom is -0.322 e. The zero-order chi connectivity index (χ0) is 12.3. The van der Waals surface area contributed by atoms with E-state index in [2.05, 4.69) is 10.3 Å². The number of hydrogen-bond donors (Lipinski definition) is 1. The third-order valence-corrected chi connectivity index (χ3v) is 2.50. The number of anilines is 1. The van der Waals surface area contributed by atoms with Crippen molar-refractivity contribution in [3.05, 3.63) is 59.4 Å². The van der Waals surface area contributed by atoms with E-state index in [1.807, 2.05) is 50.2 Å². The molecule has 17 heavy (non-hydrogen) atoms. The fourth-order valence-electron chi connectivity index (χ4n) is 1.65. The van der Waals surface area contributed by atoms with Crippen LogP contribution in [0.3, 0.4) is 0 Å². The Morgan fingerprint density at radius 1 is 1.06 bits per heavy atom. The molecule has 1 aromatic carbocycles. The molecule has 0 atom stereocenters. The van der Waals surface area contributed by atoms with Gasteiger partial charge in [-0.15, -0.1) is 0 Å². The standard InChI is InChI=1S/C14H14N2O/c1-10-8-9-13(11(2)15-10)14(17)16-12-6-4-3-5-7-12/h3-9H,1-2H3,(H,16,17). The minimum atomic E-state index is -0.124. The molecule has 0 spiro atoms. The molecule has 3 nitrogen and oxygen atoms in total. The molecule has 0 fully saturated rings. The topological polar surface area (TPSA) is 42.0 Å². The molecule has 1 aromatic heterocycles. The lowest BCUT2D eigenvalue weighted by atomic mass is 10.1. The average molecular weight is 226 g/mol. The molecule has 3 heteroatoms. The highest BCUT2D eigenvalue weighted by Gasteiger charge is 2.09. The SMILES string of the molecule is Cc1ccc(C(=O)Nc2ccccc2)c(C)n1. The number of aromatic nitrogens is 1. The van der Waals surface area contributed by atoms with Crippen molar-refractivity contribution in [1.29, 1.82) is 0 Å². The van der Waals surface area contributed by atoms with E-state index >= 15 is 0 Å².